The van der Waals surface area contributed by atoms with Gasteiger partial charge in [-0.15, -0.1) is 0 Å². The van der Waals surface area contributed by atoms with Crippen molar-refractivity contribution in [2.75, 3.05) is 13.1 Å². The average molecular weight is 210 g/mol. The van der Waals surface area contributed by atoms with Crippen LogP contribution in [0.25, 0.3) is 0 Å². The molecule has 1 atom stereocenters. The quantitative estimate of drug-likeness (QED) is 0.719. The second kappa shape index (κ2) is 4.52. The summed E-state index contributed by atoms with van der Waals surface area (Å²) in [7, 11) is 0. The number of hydrogen-bond acceptors (Lipinski definition) is 2. The number of hydrogen-bond donors (Lipinski definition) is 1. The molecule has 0 aromatic carbocycles. The van der Waals surface area contributed by atoms with Gasteiger partial charge in [0.25, 0.3) is 0 Å². The molecule has 1 amide bonds. The number of carbonyl (C=O) groups is 1. The van der Waals surface area contributed by atoms with Crippen LogP contribution in [0, 0.1) is 11.8 Å². The van der Waals surface area contributed by atoms with Gasteiger partial charge in [-0.1, -0.05) is 6.92 Å². The lowest BCUT2D eigenvalue weighted by atomic mass is 10.0. The van der Waals surface area contributed by atoms with Crippen molar-refractivity contribution in [3.8, 4) is 0 Å². The van der Waals surface area contributed by atoms with Crippen LogP contribution in [0.3, 0.4) is 0 Å². The maximum atomic E-state index is 12.2. The maximum absolute atomic E-state index is 12.2. The zero-order chi connectivity index (χ0) is 10.8. The summed E-state index contributed by atoms with van der Waals surface area (Å²) >= 11 is 0. The molecule has 86 valence electrons. The van der Waals surface area contributed by atoms with Crippen LogP contribution in [0.4, 0.5) is 0 Å². The molecule has 2 rings (SSSR count). The molecular formula is C12H22N2O. The first kappa shape index (κ1) is 10.9. The van der Waals surface area contributed by atoms with Crippen LogP contribution in [-0.2, 0) is 4.79 Å². The summed E-state index contributed by atoms with van der Waals surface area (Å²) in [5.74, 6) is 1.31. The van der Waals surface area contributed by atoms with E-state index in [0.29, 0.717) is 24.4 Å². The molecule has 0 aliphatic heterocycles. The number of amides is 1. The Labute approximate surface area is 92.0 Å². The van der Waals surface area contributed by atoms with E-state index >= 15 is 0 Å². The molecule has 0 saturated heterocycles. The van der Waals surface area contributed by atoms with Crippen LogP contribution in [-0.4, -0.2) is 29.9 Å². The summed E-state index contributed by atoms with van der Waals surface area (Å²) < 4.78 is 0. The van der Waals surface area contributed by atoms with Crippen molar-refractivity contribution in [3.05, 3.63) is 0 Å². The van der Waals surface area contributed by atoms with E-state index < -0.39 is 0 Å². The van der Waals surface area contributed by atoms with Crippen LogP contribution in [0.1, 0.15) is 39.0 Å². The lowest BCUT2D eigenvalue weighted by molar-refractivity contribution is -0.136. The molecule has 2 fully saturated rings. The summed E-state index contributed by atoms with van der Waals surface area (Å²) in [5.41, 5.74) is 5.51. The molecular weight excluding hydrogens is 188 g/mol. The van der Waals surface area contributed by atoms with Crippen LogP contribution in [0.5, 0.6) is 0 Å². The monoisotopic (exact) mass is 210 g/mol. The molecule has 0 bridgehead atoms. The molecule has 0 aromatic heterocycles. The van der Waals surface area contributed by atoms with E-state index in [-0.39, 0.29) is 5.92 Å². The fraction of sp³-hybridized carbons (Fsp3) is 0.917. The summed E-state index contributed by atoms with van der Waals surface area (Å²) in [6.45, 7) is 3.66. The van der Waals surface area contributed by atoms with Gasteiger partial charge in [0, 0.05) is 18.5 Å². The highest BCUT2D eigenvalue weighted by atomic mass is 16.2. The molecule has 3 heteroatoms. The Balaban J connectivity index is 1.87. The highest BCUT2D eigenvalue weighted by molar-refractivity contribution is 5.79. The van der Waals surface area contributed by atoms with Crippen molar-refractivity contribution in [2.45, 2.75) is 45.1 Å². The summed E-state index contributed by atoms with van der Waals surface area (Å²) in [6.07, 6.45) is 5.85. The van der Waals surface area contributed by atoms with Gasteiger partial charge in [0.2, 0.25) is 5.91 Å². The third-order valence-corrected chi connectivity index (χ3v) is 3.59. The number of nitrogens with two attached hydrogens (primary N) is 1. The zero-order valence-electron chi connectivity index (χ0n) is 9.61. The van der Waals surface area contributed by atoms with E-state index in [9.17, 15) is 4.79 Å². The van der Waals surface area contributed by atoms with Gasteiger partial charge in [-0.25, -0.2) is 0 Å². The molecule has 2 aliphatic carbocycles. The van der Waals surface area contributed by atoms with Gasteiger partial charge in [0.05, 0.1) is 0 Å². The Hall–Kier alpha value is -0.570. The minimum absolute atomic E-state index is 0.253. The van der Waals surface area contributed by atoms with Gasteiger partial charge in [0.15, 0.2) is 0 Å². The Morgan fingerprint density at radius 1 is 1.40 bits per heavy atom. The number of carbonyl (C=O) groups excluding carboxylic acids is 1. The highest BCUT2D eigenvalue weighted by Gasteiger charge is 2.39. The van der Waals surface area contributed by atoms with Crippen LogP contribution in [0.15, 0.2) is 0 Å². The van der Waals surface area contributed by atoms with Gasteiger partial charge < -0.3 is 10.6 Å². The van der Waals surface area contributed by atoms with Crippen molar-refractivity contribution >= 4 is 5.91 Å². The Kier molecular flexibility index (Phi) is 3.29. The largest absolute Gasteiger partial charge is 0.339 e. The molecule has 15 heavy (non-hydrogen) atoms. The summed E-state index contributed by atoms with van der Waals surface area (Å²) in [5, 5.41) is 0. The zero-order valence-corrected chi connectivity index (χ0v) is 9.61. The minimum atomic E-state index is 0.253. The van der Waals surface area contributed by atoms with Gasteiger partial charge in [0.1, 0.15) is 0 Å². The third kappa shape index (κ3) is 2.71. The van der Waals surface area contributed by atoms with Gasteiger partial charge in [-0.2, -0.15) is 0 Å². The van der Waals surface area contributed by atoms with Crippen LogP contribution in [0.2, 0.25) is 0 Å². The predicted molar refractivity (Wildman–Crippen MR) is 60.3 cm³/mol. The van der Waals surface area contributed by atoms with Crippen molar-refractivity contribution in [1.82, 2.24) is 4.90 Å². The normalized spacial score (nSPS) is 22.5. The average Bonchev–Trinajstić information content (AvgIpc) is 3.06. The van der Waals surface area contributed by atoms with Crippen LogP contribution >= 0.6 is 0 Å². The van der Waals surface area contributed by atoms with Gasteiger partial charge in [-0.3, -0.25) is 4.79 Å². The molecule has 0 aromatic rings. The number of nitrogens with zero attached hydrogens (tertiary/aromatic N) is 1. The molecule has 1 unspecified atom stereocenters. The highest BCUT2D eigenvalue weighted by Crippen LogP contribution is 2.39. The lowest BCUT2D eigenvalue weighted by Gasteiger charge is -2.25. The molecule has 2 saturated carbocycles. The molecule has 0 radical (unpaired) electrons. The Morgan fingerprint density at radius 2 is 2.07 bits per heavy atom. The maximum Gasteiger partial charge on any atom is 0.225 e. The minimum Gasteiger partial charge on any atom is -0.339 e. The lowest BCUT2D eigenvalue weighted by Crippen LogP contribution is -2.39. The first-order valence-corrected chi connectivity index (χ1v) is 6.24. The van der Waals surface area contributed by atoms with Crippen LogP contribution < -0.4 is 5.73 Å². The SMILES string of the molecule is CC(C(=O)N(CCCN)C1CC1)C1CC1. The third-order valence-electron chi connectivity index (χ3n) is 3.59. The van der Waals surface area contributed by atoms with Gasteiger partial charge in [-0.05, 0) is 44.6 Å². The van der Waals surface area contributed by atoms with E-state index in [0.717, 1.165) is 13.0 Å². The standard InChI is InChI=1S/C12H22N2O/c1-9(10-3-4-10)12(15)14(8-2-7-13)11-5-6-11/h9-11H,2-8,13H2,1H3. The fourth-order valence-corrected chi connectivity index (χ4v) is 2.18. The first-order valence-electron chi connectivity index (χ1n) is 6.24. The fourth-order valence-electron chi connectivity index (χ4n) is 2.18. The first-order chi connectivity index (χ1) is 7.24. The molecule has 0 spiro atoms. The Bertz CT molecular complexity index is 234. The Morgan fingerprint density at radius 3 is 2.53 bits per heavy atom. The van der Waals surface area contributed by atoms with E-state index in [2.05, 4.69) is 11.8 Å². The second-order valence-corrected chi connectivity index (χ2v) is 5.03. The molecule has 2 aliphatic rings. The molecule has 0 heterocycles. The topological polar surface area (TPSA) is 46.3 Å². The van der Waals surface area contributed by atoms with E-state index in [1.165, 1.54) is 25.7 Å². The summed E-state index contributed by atoms with van der Waals surface area (Å²) in [6, 6.07) is 0.547. The van der Waals surface area contributed by atoms with Crippen molar-refractivity contribution in [1.29, 1.82) is 0 Å². The van der Waals surface area contributed by atoms with E-state index in [1.807, 2.05) is 0 Å². The van der Waals surface area contributed by atoms with Gasteiger partial charge >= 0.3 is 0 Å². The van der Waals surface area contributed by atoms with Crippen molar-refractivity contribution in [2.24, 2.45) is 17.6 Å². The number of rotatable bonds is 6. The van der Waals surface area contributed by atoms with E-state index in [4.69, 9.17) is 5.73 Å². The smallest absolute Gasteiger partial charge is 0.225 e. The predicted octanol–water partition coefficient (Wildman–Crippen LogP) is 1.37. The van der Waals surface area contributed by atoms with Crippen molar-refractivity contribution < 1.29 is 4.79 Å². The molecule has 2 N–H and O–H groups in total. The molecule has 3 nitrogen and oxygen atoms in total. The van der Waals surface area contributed by atoms with E-state index in [1.54, 1.807) is 0 Å². The van der Waals surface area contributed by atoms with Crippen molar-refractivity contribution in [3.63, 3.8) is 0 Å². The summed E-state index contributed by atoms with van der Waals surface area (Å²) in [4.78, 5) is 14.3. The second-order valence-electron chi connectivity index (χ2n) is 5.03.